The molecule has 3 unspecified atom stereocenters. The Morgan fingerprint density at radius 3 is 2.44 bits per heavy atom. The summed E-state index contributed by atoms with van der Waals surface area (Å²) in [5.41, 5.74) is 1.04. The standard InChI is InChI=1S/C26H32N2O5S/c1-17-12-18(2)16-28(15-17)34(30,31)25-14-21(10-11-23(25)32-5)26(29)27(4)19(3)24-13-20-8-6-7-9-22(20)33-24/h6-11,13-14,17-19H,12,15-16H2,1-5H3. The van der Waals surface area contributed by atoms with E-state index >= 15 is 0 Å². The van der Waals surface area contributed by atoms with Crippen LogP contribution in [0.3, 0.4) is 0 Å². The summed E-state index contributed by atoms with van der Waals surface area (Å²) in [5.74, 6) is 1.13. The Balaban J connectivity index is 1.64. The second-order valence-corrected chi connectivity index (χ2v) is 11.3. The van der Waals surface area contributed by atoms with E-state index in [1.165, 1.54) is 17.5 Å². The van der Waals surface area contributed by atoms with Crippen molar-refractivity contribution in [3.05, 3.63) is 59.9 Å². The van der Waals surface area contributed by atoms with Crippen molar-refractivity contribution in [3.8, 4) is 5.75 Å². The number of carbonyl (C=O) groups is 1. The van der Waals surface area contributed by atoms with Gasteiger partial charge in [0.2, 0.25) is 10.0 Å². The lowest BCUT2D eigenvalue weighted by Crippen LogP contribution is -2.42. The summed E-state index contributed by atoms with van der Waals surface area (Å²) in [5, 5.41) is 0.966. The van der Waals surface area contributed by atoms with Gasteiger partial charge < -0.3 is 14.1 Å². The van der Waals surface area contributed by atoms with E-state index < -0.39 is 10.0 Å². The second-order valence-electron chi connectivity index (χ2n) is 9.41. The summed E-state index contributed by atoms with van der Waals surface area (Å²) in [6.45, 7) is 6.91. The monoisotopic (exact) mass is 484 g/mol. The first kappa shape index (κ1) is 24.3. The van der Waals surface area contributed by atoms with Crippen molar-refractivity contribution in [2.75, 3.05) is 27.2 Å². The number of para-hydroxylation sites is 1. The van der Waals surface area contributed by atoms with E-state index in [1.807, 2.05) is 37.3 Å². The number of furan rings is 1. The fraction of sp³-hybridized carbons (Fsp3) is 0.423. The molecule has 0 bridgehead atoms. The molecule has 1 aromatic heterocycles. The van der Waals surface area contributed by atoms with Crippen molar-refractivity contribution >= 4 is 26.9 Å². The lowest BCUT2D eigenvalue weighted by atomic mass is 9.94. The molecule has 0 N–H and O–H groups in total. The molecule has 8 heteroatoms. The van der Waals surface area contributed by atoms with Crippen molar-refractivity contribution in [1.29, 1.82) is 0 Å². The van der Waals surface area contributed by atoms with Crippen LogP contribution in [0.1, 0.15) is 49.4 Å². The maximum Gasteiger partial charge on any atom is 0.254 e. The van der Waals surface area contributed by atoms with Crippen molar-refractivity contribution in [1.82, 2.24) is 9.21 Å². The van der Waals surface area contributed by atoms with Gasteiger partial charge in [-0.2, -0.15) is 4.31 Å². The molecule has 3 atom stereocenters. The van der Waals surface area contributed by atoms with Crippen molar-refractivity contribution in [3.63, 3.8) is 0 Å². The smallest absolute Gasteiger partial charge is 0.254 e. The van der Waals surface area contributed by atoms with Gasteiger partial charge in [0.15, 0.2) is 0 Å². The van der Waals surface area contributed by atoms with Gasteiger partial charge in [-0.15, -0.1) is 0 Å². The van der Waals surface area contributed by atoms with Crippen molar-refractivity contribution in [2.45, 2.75) is 38.1 Å². The van der Waals surface area contributed by atoms with Gasteiger partial charge >= 0.3 is 0 Å². The van der Waals surface area contributed by atoms with E-state index in [2.05, 4.69) is 13.8 Å². The molecular weight excluding hydrogens is 452 g/mol. The molecule has 1 amide bonds. The summed E-state index contributed by atoms with van der Waals surface area (Å²) in [7, 11) is -0.698. The molecule has 0 spiro atoms. The number of fused-ring (bicyclic) bond motifs is 1. The predicted molar refractivity (Wildman–Crippen MR) is 131 cm³/mol. The molecule has 7 nitrogen and oxygen atoms in total. The van der Waals surface area contributed by atoms with Crippen LogP contribution in [0.5, 0.6) is 5.75 Å². The average Bonchev–Trinajstić information content (AvgIpc) is 3.26. The molecule has 34 heavy (non-hydrogen) atoms. The number of hydrogen-bond acceptors (Lipinski definition) is 5. The molecule has 182 valence electrons. The Labute approximate surface area is 201 Å². The summed E-state index contributed by atoms with van der Waals surface area (Å²) < 4.78 is 40.0. The van der Waals surface area contributed by atoms with Gasteiger partial charge in [0.05, 0.1) is 13.2 Å². The van der Waals surface area contributed by atoms with Gasteiger partial charge in [0.25, 0.3) is 5.91 Å². The summed E-state index contributed by atoms with van der Waals surface area (Å²) in [4.78, 5) is 14.9. The number of methoxy groups -OCH3 is 1. The third kappa shape index (κ3) is 4.57. The quantitative estimate of drug-likeness (QED) is 0.495. The Morgan fingerprint density at radius 1 is 1.12 bits per heavy atom. The van der Waals surface area contributed by atoms with Gasteiger partial charge in [-0.25, -0.2) is 8.42 Å². The normalized spacial score (nSPS) is 20.3. The maximum atomic E-state index is 13.6. The zero-order chi connectivity index (χ0) is 24.6. The third-order valence-corrected chi connectivity index (χ3v) is 8.47. The molecule has 0 saturated carbocycles. The molecular formula is C26H32N2O5S. The molecule has 2 aromatic carbocycles. The first-order chi connectivity index (χ1) is 16.1. The fourth-order valence-corrected chi connectivity index (χ4v) is 6.59. The Bertz CT molecular complexity index is 1260. The number of piperidine rings is 1. The van der Waals surface area contributed by atoms with Crippen LogP contribution in [0.15, 0.2) is 57.8 Å². The molecule has 3 aromatic rings. The number of benzene rings is 2. The van der Waals surface area contributed by atoms with Crippen molar-refractivity contribution < 1.29 is 22.4 Å². The summed E-state index contributed by atoms with van der Waals surface area (Å²) >= 11 is 0. The fourth-order valence-electron chi connectivity index (χ4n) is 4.73. The van der Waals surface area contributed by atoms with Crippen LogP contribution in [0.4, 0.5) is 0 Å². The predicted octanol–water partition coefficient (Wildman–Crippen LogP) is 4.94. The number of rotatable bonds is 6. The van der Waals surface area contributed by atoms with Gasteiger partial charge in [-0.3, -0.25) is 4.79 Å². The molecule has 1 fully saturated rings. The molecule has 0 radical (unpaired) electrons. The van der Waals surface area contributed by atoms with Gasteiger partial charge in [0.1, 0.15) is 22.0 Å². The minimum atomic E-state index is -3.82. The number of carbonyl (C=O) groups excluding carboxylic acids is 1. The van der Waals surface area contributed by atoms with Gasteiger partial charge in [0, 0.05) is 31.1 Å². The number of nitrogens with zero attached hydrogens (tertiary/aromatic N) is 2. The summed E-state index contributed by atoms with van der Waals surface area (Å²) in [6, 6.07) is 13.8. The largest absolute Gasteiger partial charge is 0.495 e. The maximum absolute atomic E-state index is 13.6. The highest BCUT2D eigenvalue weighted by Gasteiger charge is 2.34. The zero-order valence-electron chi connectivity index (χ0n) is 20.3. The lowest BCUT2D eigenvalue weighted by molar-refractivity contribution is 0.0727. The van der Waals surface area contributed by atoms with E-state index in [4.69, 9.17) is 9.15 Å². The van der Waals surface area contributed by atoms with E-state index in [-0.39, 0.29) is 40.0 Å². The topological polar surface area (TPSA) is 80.1 Å². The van der Waals surface area contributed by atoms with Gasteiger partial charge in [-0.1, -0.05) is 32.0 Å². The zero-order valence-corrected chi connectivity index (χ0v) is 21.1. The van der Waals surface area contributed by atoms with Crippen LogP contribution in [-0.2, 0) is 10.0 Å². The third-order valence-electron chi connectivity index (χ3n) is 6.62. The minimum absolute atomic E-state index is 0.0203. The highest BCUT2D eigenvalue weighted by Crippen LogP contribution is 2.33. The Morgan fingerprint density at radius 2 is 1.79 bits per heavy atom. The minimum Gasteiger partial charge on any atom is -0.495 e. The molecule has 1 aliphatic rings. The molecule has 1 saturated heterocycles. The molecule has 4 rings (SSSR count). The summed E-state index contributed by atoms with van der Waals surface area (Å²) in [6.07, 6.45) is 0.992. The molecule has 2 heterocycles. The average molecular weight is 485 g/mol. The van der Waals surface area contributed by atoms with Crippen molar-refractivity contribution in [2.24, 2.45) is 11.8 Å². The molecule has 0 aliphatic carbocycles. The number of ether oxygens (including phenoxy) is 1. The molecule has 1 aliphatic heterocycles. The van der Waals surface area contributed by atoms with E-state index in [0.717, 1.165) is 17.4 Å². The van der Waals surface area contributed by atoms with Crippen LogP contribution in [-0.4, -0.2) is 50.8 Å². The van der Waals surface area contributed by atoms with E-state index in [9.17, 15) is 13.2 Å². The van der Waals surface area contributed by atoms with Crippen LogP contribution < -0.4 is 4.74 Å². The van der Waals surface area contributed by atoms with E-state index in [0.29, 0.717) is 18.8 Å². The lowest BCUT2D eigenvalue weighted by Gasteiger charge is -2.34. The number of amides is 1. The first-order valence-electron chi connectivity index (χ1n) is 11.6. The second kappa shape index (κ2) is 9.43. The number of sulfonamides is 1. The SMILES string of the molecule is COc1ccc(C(=O)N(C)C(C)c2cc3ccccc3o2)cc1S(=O)(=O)N1CC(C)CC(C)C1. The number of hydrogen-bond donors (Lipinski definition) is 0. The first-order valence-corrected chi connectivity index (χ1v) is 13.0. The highest BCUT2D eigenvalue weighted by atomic mass is 32.2. The van der Waals surface area contributed by atoms with Gasteiger partial charge in [-0.05, 0) is 55.5 Å². The Hall–Kier alpha value is -2.84. The van der Waals surface area contributed by atoms with Crippen LogP contribution in [0.2, 0.25) is 0 Å². The van der Waals surface area contributed by atoms with E-state index in [1.54, 1.807) is 24.1 Å². The van der Waals surface area contributed by atoms with Crippen LogP contribution in [0.25, 0.3) is 11.0 Å². The highest BCUT2D eigenvalue weighted by molar-refractivity contribution is 7.89. The Kier molecular flexibility index (Phi) is 6.73. The van der Waals surface area contributed by atoms with Crippen LogP contribution >= 0.6 is 0 Å². The van der Waals surface area contributed by atoms with Crippen LogP contribution in [0, 0.1) is 11.8 Å².